The van der Waals surface area contributed by atoms with Gasteiger partial charge in [-0.25, -0.2) is 4.68 Å². The molecule has 2 aromatic heterocycles. The average Bonchev–Trinajstić information content (AvgIpc) is 3.56. The van der Waals surface area contributed by atoms with Crippen molar-refractivity contribution in [3.05, 3.63) is 103 Å². The Bertz CT molecular complexity index is 1180. The van der Waals surface area contributed by atoms with Crippen LogP contribution in [0.5, 0.6) is 0 Å². The Morgan fingerprint density at radius 3 is 2.29 bits per heavy atom. The quantitative estimate of drug-likeness (QED) is 0.434. The topological polar surface area (TPSA) is 55.1 Å². The van der Waals surface area contributed by atoms with Crippen LogP contribution in [0.15, 0.2) is 91.4 Å². The van der Waals surface area contributed by atoms with Gasteiger partial charge in [-0.15, -0.1) is 0 Å². The number of para-hydroxylation sites is 1. The van der Waals surface area contributed by atoms with Crippen molar-refractivity contribution in [1.82, 2.24) is 24.6 Å². The molecule has 1 N–H and O–H groups in total. The zero-order valence-corrected chi connectivity index (χ0v) is 19.4. The first-order valence-electron chi connectivity index (χ1n) is 12.1. The van der Waals surface area contributed by atoms with E-state index in [4.69, 9.17) is 5.10 Å². The van der Waals surface area contributed by atoms with Gasteiger partial charge < -0.3 is 9.88 Å². The summed E-state index contributed by atoms with van der Waals surface area (Å²) in [4.78, 5) is 15.1. The monoisotopic (exact) mass is 453 g/mol. The molecule has 5 rings (SSSR count). The molecule has 34 heavy (non-hydrogen) atoms. The molecule has 174 valence electrons. The number of hydrogen-bond donors (Lipinski definition) is 1. The van der Waals surface area contributed by atoms with Gasteiger partial charge >= 0.3 is 0 Å². The molecule has 2 aromatic carbocycles. The smallest absolute Gasteiger partial charge is 0.223 e. The zero-order chi connectivity index (χ0) is 23.2. The minimum atomic E-state index is 0.1000. The highest BCUT2D eigenvalue weighted by Crippen LogP contribution is 2.24. The van der Waals surface area contributed by atoms with Crippen molar-refractivity contribution < 1.29 is 4.79 Å². The molecule has 6 heteroatoms. The van der Waals surface area contributed by atoms with E-state index in [9.17, 15) is 4.79 Å². The number of aromatic nitrogens is 3. The van der Waals surface area contributed by atoms with E-state index in [0.717, 1.165) is 50.4 Å². The van der Waals surface area contributed by atoms with E-state index in [1.807, 2.05) is 59.4 Å². The molecule has 1 aliphatic heterocycles. The molecule has 6 nitrogen and oxygen atoms in total. The van der Waals surface area contributed by atoms with Crippen molar-refractivity contribution in [2.45, 2.75) is 25.8 Å². The van der Waals surface area contributed by atoms with Gasteiger partial charge in [0.1, 0.15) is 5.82 Å². The number of amides is 1. The minimum absolute atomic E-state index is 0.1000. The van der Waals surface area contributed by atoms with E-state index >= 15 is 0 Å². The number of rotatable bonds is 8. The lowest BCUT2D eigenvalue weighted by Crippen LogP contribution is -2.40. The molecular formula is C28H31N5O. The van der Waals surface area contributed by atoms with Crippen molar-refractivity contribution in [2.75, 3.05) is 19.6 Å². The van der Waals surface area contributed by atoms with Crippen LogP contribution in [0.1, 0.15) is 24.0 Å². The van der Waals surface area contributed by atoms with Crippen LogP contribution in [-0.2, 0) is 17.8 Å². The van der Waals surface area contributed by atoms with E-state index < -0.39 is 0 Å². The molecule has 1 aliphatic rings. The zero-order valence-electron chi connectivity index (χ0n) is 19.4. The molecule has 0 radical (unpaired) electrons. The lowest BCUT2D eigenvalue weighted by Gasteiger charge is -2.31. The van der Waals surface area contributed by atoms with Gasteiger partial charge in [0.25, 0.3) is 0 Å². The summed E-state index contributed by atoms with van der Waals surface area (Å²) in [5.41, 5.74) is 3.49. The second-order valence-corrected chi connectivity index (χ2v) is 8.91. The lowest BCUT2D eigenvalue weighted by molar-refractivity contribution is -0.126. The van der Waals surface area contributed by atoms with Gasteiger partial charge in [0.05, 0.1) is 11.9 Å². The molecule has 0 unspecified atom stereocenters. The molecule has 0 bridgehead atoms. The van der Waals surface area contributed by atoms with E-state index in [0.29, 0.717) is 6.54 Å². The van der Waals surface area contributed by atoms with E-state index in [1.54, 1.807) is 0 Å². The lowest BCUT2D eigenvalue weighted by atomic mass is 9.95. The number of piperidine rings is 1. The Labute approximate surface area is 200 Å². The first-order valence-corrected chi connectivity index (χ1v) is 12.1. The van der Waals surface area contributed by atoms with Crippen LogP contribution in [0.2, 0.25) is 0 Å². The molecule has 0 atom stereocenters. The number of nitrogens with zero attached hydrogens (tertiary/aromatic N) is 4. The molecular weight excluding hydrogens is 422 g/mol. The Kier molecular flexibility index (Phi) is 6.86. The number of nitrogens with one attached hydrogen (secondary N) is 1. The molecule has 3 heterocycles. The third kappa shape index (κ3) is 5.13. The Balaban J connectivity index is 1.19. The maximum Gasteiger partial charge on any atom is 0.223 e. The number of carbonyl (C=O) groups is 1. The van der Waals surface area contributed by atoms with Crippen LogP contribution in [0, 0.1) is 5.92 Å². The molecule has 0 saturated carbocycles. The molecule has 0 spiro atoms. The average molecular weight is 454 g/mol. The van der Waals surface area contributed by atoms with Gasteiger partial charge in [-0.05, 0) is 62.2 Å². The highest BCUT2D eigenvalue weighted by molar-refractivity contribution is 5.78. The summed E-state index contributed by atoms with van der Waals surface area (Å²) in [6.45, 7) is 3.35. The fourth-order valence-electron chi connectivity index (χ4n) is 4.71. The van der Waals surface area contributed by atoms with Crippen molar-refractivity contribution in [3.63, 3.8) is 0 Å². The van der Waals surface area contributed by atoms with Crippen LogP contribution in [0.25, 0.3) is 11.5 Å². The molecule has 4 aromatic rings. The fourth-order valence-corrected chi connectivity index (χ4v) is 4.71. The van der Waals surface area contributed by atoms with Gasteiger partial charge in [0, 0.05) is 37.0 Å². The first-order chi connectivity index (χ1) is 16.8. The first kappa shape index (κ1) is 22.2. The van der Waals surface area contributed by atoms with Crippen molar-refractivity contribution in [1.29, 1.82) is 0 Å². The number of likely N-dealkylation sites (tertiary alicyclic amines) is 1. The second kappa shape index (κ2) is 10.5. The molecule has 0 aliphatic carbocycles. The Morgan fingerprint density at radius 2 is 1.59 bits per heavy atom. The van der Waals surface area contributed by atoms with E-state index in [1.165, 1.54) is 11.1 Å². The summed E-state index contributed by atoms with van der Waals surface area (Å²) < 4.78 is 4.13. The third-order valence-corrected chi connectivity index (χ3v) is 6.57. The van der Waals surface area contributed by atoms with Crippen LogP contribution in [0.4, 0.5) is 0 Å². The fraction of sp³-hybridized carbons (Fsp3) is 0.286. The maximum atomic E-state index is 12.7. The van der Waals surface area contributed by atoms with Gasteiger partial charge in [0.2, 0.25) is 5.91 Å². The highest BCUT2D eigenvalue weighted by atomic mass is 16.1. The maximum absolute atomic E-state index is 12.7. The summed E-state index contributed by atoms with van der Waals surface area (Å²) >= 11 is 0. The summed E-state index contributed by atoms with van der Waals surface area (Å²) in [6, 6.07) is 24.6. The predicted octanol–water partition coefficient (Wildman–Crippen LogP) is 4.23. The number of carbonyl (C=O) groups excluding carboxylic acids is 1. The van der Waals surface area contributed by atoms with E-state index in [2.05, 4.69) is 51.4 Å². The molecule has 1 saturated heterocycles. The third-order valence-electron chi connectivity index (χ3n) is 6.57. The van der Waals surface area contributed by atoms with Crippen molar-refractivity contribution in [2.24, 2.45) is 5.92 Å². The Morgan fingerprint density at radius 1 is 0.912 bits per heavy atom. The number of benzene rings is 2. The predicted molar refractivity (Wildman–Crippen MR) is 134 cm³/mol. The molecule has 1 fully saturated rings. The van der Waals surface area contributed by atoms with Crippen LogP contribution in [0.3, 0.4) is 0 Å². The minimum Gasteiger partial charge on any atom is -0.356 e. The van der Waals surface area contributed by atoms with Gasteiger partial charge in [0.15, 0.2) is 0 Å². The molecule has 1 amide bonds. The largest absolute Gasteiger partial charge is 0.356 e. The summed E-state index contributed by atoms with van der Waals surface area (Å²) in [5, 5.41) is 7.86. The summed E-state index contributed by atoms with van der Waals surface area (Å²) in [6.07, 6.45) is 8.76. The van der Waals surface area contributed by atoms with Gasteiger partial charge in [-0.2, -0.15) is 5.10 Å². The SMILES string of the molecule is O=C(NCCc1ccccc1)C1CCN(Cc2cnn(-c3ccccc3)c2-n2cccc2)CC1. The van der Waals surface area contributed by atoms with Crippen molar-refractivity contribution >= 4 is 5.91 Å². The van der Waals surface area contributed by atoms with Crippen molar-refractivity contribution in [3.8, 4) is 11.5 Å². The van der Waals surface area contributed by atoms with Crippen LogP contribution in [-0.4, -0.2) is 44.8 Å². The number of hydrogen-bond acceptors (Lipinski definition) is 3. The normalized spacial score (nSPS) is 14.8. The standard InChI is InChI=1S/C28H31N5O/c34-27(29-16-13-23-9-3-1-4-10-23)24-14-19-31(20-15-24)22-25-21-30-33(26-11-5-2-6-12-26)28(25)32-17-7-8-18-32/h1-12,17-18,21,24H,13-16,19-20,22H2,(H,29,34). The van der Waals surface area contributed by atoms with Gasteiger partial charge in [-0.1, -0.05) is 48.5 Å². The highest BCUT2D eigenvalue weighted by Gasteiger charge is 2.26. The summed E-state index contributed by atoms with van der Waals surface area (Å²) in [5.74, 6) is 1.36. The second-order valence-electron chi connectivity index (χ2n) is 8.91. The van der Waals surface area contributed by atoms with Crippen LogP contribution >= 0.6 is 0 Å². The summed E-state index contributed by atoms with van der Waals surface area (Å²) in [7, 11) is 0. The van der Waals surface area contributed by atoms with Crippen LogP contribution < -0.4 is 5.32 Å². The van der Waals surface area contributed by atoms with Gasteiger partial charge in [-0.3, -0.25) is 9.69 Å². The van der Waals surface area contributed by atoms with E-state index in [-0.39, 0.29) is 11.8 Å². The Hall–Kier alpha value is -3.64.